The SMILES string of the molecule is Cc1ccc(-n2cnnc2SCC(=O)Nc2ccc(C)cc2F)cc1. The van der Waals surface area contributed by atoms with Gasteiger partial charge in [-0.05, 0) is 43.7 Å². The van der Waals surface area contributed by atoms with Crippen LogP contribution in [0.15, 0.2) is 53.9 Å². The second-order valence-corrected chi connectivity index (χ2v) is 6.58. The molecule has 0 saturated heterocycles. The zero-order valence-corrected chi connectivity index (χ0v) is 14.7. The van der Waals surface area contributed by atoms with Crippen LogP contribution < -0.4 is 5.32 Å². The van der Waals surface area contributed by atoms with Crippen LogP contribution in [0.2, 0.25) is 0 Å². The number of thioether (sulfide) groups is 1. The smallest absolute Gasteiger partial charge is 0.234 e. The second kappa shape index (κ2) is 7.48. The fourth-order valence-corrected chi connectivity index (χ4v) is 2.97. The topological polar surface area (TPSA) is 59.8 Å². The number of nitrogens with zero attached hydrogens (tertiary/aromatic N) is 3. The molecule has 0 radical (unpaired) electrons. The first-order chi connectivity index (χ1) is 12.0. The number of anilines is 1. The molecule has 0 saturated carbocycles. The molecule has 0 atom stereocenters. The quantitative estimate of drug-likeness (QED) is 0.707. The molecule has 1 heterocycles. The summed E-state index contributed by atoms with van der Waals surface area (Å²) in [5.41, 5.74) is 3.06. The van der Waals surface area contributed by atoms with Gasteiger partial charge in [0, 0.05) is 5.69 Å². The van der Waals surface area contributed by atoms with Crippen LogP contribution in [0.4, 0.5) is 10.1 Å². The Hall–Kier alpha value is -2.67. The van der Waals surface area contributed by atoms with Crippen LogP contribution in [0.1, 0.15) is 11.1 Å². The summed E-state index contributed by atoms with van der Waals surface area (Å²) < 4.78 is 15.6. The van der Waals surface area contributed by atoms with Crippen LogP contribution in [0.25, 0.3) is 5.69 Å². The Kier molecular flexibility index (Phi) is 5.14. The van der Waals surface area contributed by atoms with Gasteiger partial charge in [-0.15, -0.1) is 10.2 Å². The molecule has 0 aliphatic rings. The van der Waals surface area contributed by atoms with E-state index in [4.69, 9.17) is 0 Å². The van der Waals surface area contributed by atoms with Gasteiger partial charge in [0.2, 0.25) is 5.91 Å². The number of nitrogens with one attached hydrogen (secondary N) is 1. The molecule has 0 unspecified atom stereocenters. The molecule has 1 aromatic heterocycles. The standard InChI is InChI=1S/C18H17FN4OS/c1-12-3-6-14(7-4-12)23-11-20-22-18(23)25-10-17(24)21-16-8-5-13(2)9-15(16)19/h3-9,11H,10H2,1-2H3,(H,21,24). The number of carbonyl (C=O) groups is 1. The number of benzene rings is 2. The lowest BCUT2D eigenvalue weighted by molar-refractivity contribution is -0.113. The van der Waals surface area contributed by atoms with Gasteiger partial charge < -0.3 is 5.32 Å². The van der Waals surface area contributed by atoms with Crippen LogP contribution in [0.5, 0.6) is 0 Å². The Balaban J connectivity index is 1.65. The zero-order valence-electron chi connectivity index (χ0n) is 13.9. The van der Waals surface area contributed by atoms with Crippen molar-refractivity contribution in [1.82, 2.24) is 14.8 Å². The fourth-order valence-electron chi connectivity index (χ4n) is 2.24. The fraction of sp³-hybridized carbons (Fsp3) is 0.167. The number of aromatic nitrogens is 3. The van der Waals surface area contributed by atoms with Crippen molar-refractivity contribution in [2.24, 2.45) is 0 Å². The van der Waals surface area contributed by atoms with Gasteiger partial charge in [0.15, 0.2) is 5.16 Å². The minimum atomic E-state index is -0.443. The first kappa shape index (κ1) is 17.2. The van der Waals surface area contributed by atoms with Crippen LogP contribution in [-0.4, -0.2) is 26.4 Å². The molecule has 0 fully saturated rings. The third-order valence-electron chi connectivity index (χ3n) is 3.56. The molecule has 0 spiro atoms. The first-order valence-electron chi connectivity index (χ1n) is 7.69. The summed E-state index contributed by atoms with van der Waals surface area (Å²) in [7, 11) is 0. The van der Waals surface area contributed by atoms with E-state index in [0.717, 1.165) is 16.8 Å². The lowest BCUT2D eigenvalue weighted by Crippen LogP contribution is -2.15. The predicted octanol–water partition coefficient (Wildman–Crippen LogP) is 3.75. The normalized spacial score (nSPS) is 10.7. The minimum Gasteiger partial charge on any atom is -0.323 e. The molecular weight excluding hydrogens is 339 g/mol. The van der Waals surface area contributed by atoms with Crippen molar-refractivity contribution in [2.45, 2.75) is 19.0 Å². The minimum absolute atomic E-state index is 0.109. The summed E-state index contributed by atoms with van der Waals surface area (Å²) in [6.45, 7) is 3.81. The second-order valence-electron chi connectivity index (χ2n) is 5.64. The number of halogens is 1. The number of amides is 1. The summed E-state index contributed by atoms with van der Waals surface area (Å²) in [6, 6.07) is 12.6. The maximum atomic E-state index is 13.8. The van der Waals surface area contributed by atoms with Crippen molar-refractivity contribution in [2.75, 3.05) is 11.1 Å². The average molecular weight is 356 g/mol. The number of hydrogen-bond acceptors (Lipinski definition) is 4. The number of rotatable bonds is 5. The molecule has 1 N–H and O–H groups in total. The van der Waals surface area contributed by atoms with E-state index in [-0.39, 0.29) is 17.3 Å². The third kappa shape index (κ3) is 4.24. The summed E-state index contributed by atoms with van der Waals surface area (Å²) >= 11 is 1.24. The summed E-state index contributed by atoms with van der Waals surface area (Å²) in [5.74, 6) is -0.634. The van der Waals surface area contributed by atoms with E-state index in [1.54, 1.807) is 25.4 Å². The van der Waals surface area contributed by atoms with Crippen molar-refractivity contribution in [1.29, 1.82) is 0 Å². The Labute approximate surface area is 149 Å². The van der Waals surface area contributed by atoms with Crippen molar-refractivity contribution >= 4 is 23.4 Å². The molecule has 5 nitrogen and oxygen atoms in total. The maximum Gasteiger partial charge on any atom is 0.234 e. The predicted molar refractivity (Wildman–Crippen MR) is 96.6 cm³/mol. The van der Waals surface area contributed by atoms with Gasteiger partial charge in [-0.2, -0.15) is 0 Å². The molecule has 3 rings (SSSR count). The van der Waals surface area contributed by atoms with Crippen LogP contribution in [0, 0.1) is 19.7 Å². The molecule has 0 bridgehead atoms. The lowest BCUT2D eigenvalue weighted by atomic mass is 10.2. The van der Waals surface area contributed by atoms with E-state index in [0.29, 0.717) is 5.16 Å². The molecule has 1 amide bonds. The van der Waals surface area contributed by atoms with Gasteiger partial charge in [-0.25, -0.2) is 4.39 Å². The van der Waals surface area contributed by atoms with Crippen molar-refractivity contribution in [3.8, 4) is 5.69 Å². The van der Waals surface area contributed by atoms with Gasteiger partial charge in [0.05, 0.1) is 11.4 Å². The molecule has 3 aromatic rings. The highest BCUT2D eigenvalue weighted by atomic mass is 32.2. The van der Waals surface area contributed by atoms with Crippen molar-refractivity contribution in [3.05, 3.63) is 65.7 Å². The van der Waals surface area contributed by atoms with E-state index in [2.05, 4.69) is 15.5 Å². The van der Waals surface area contributed by atoms with Crippen molar-refractivity contribution < 1.29 is 9.18 Å². The summed E-state index contributed by atoms with van der Waals surface area (Å²) in [4.78, 5) is 12.1. The summed E-state index contributed by atoms with van der Waals surface area (Å²) in [5, 5.41) is 11.1. The highest BCUT2D eigenvalue weighted by Gasteiger charge is 2.12. The van der Waals surface area contributed by atoms with Gasteiger partial charge in [0.25, 0.3) is 0 Å². The molecule has 2 aromatic carbocycles. The van der Waals surface area contributed by atoms with Gasteiger partial charge in [-0.1, -0.05) is 35.5 Å². The van der Waals surface area contributed by atoms with E-state index >= 15 is 0 Å². The largest absolute Gasteiger partial charge is 0.323 e. The van der Waals surface area contributed by atoms with E-state index < -0.39 is 5.82 Å². The highest BCUT2D eigenvalue weighted by molar-refractivity contribution is 7.99. The van der Waals surface area contributed by atoms with Crippen molar-refractivity contribution in [3.63, 3.8) is 0 Å². The van der Waals surface area contributed by atoms with Gasteiger partial charge in [-0.3, -0.25) is 9.36 Å². The Bertz CT molecular complexity index is 892. The molecule has 25 heavy (non-hydrogen) atoms. The zero-order chi connectivity index (χ0) is 17.8. The van der Waals surface area contributed by atoms with Crippen LogP contribution in [-0.2, 0) is 4.79 Å². The van der Waals surface area contributed by atoms with E-state index in [1.165, 1.54) is 17.8 Å². The molecular formula is C18H17FN4OS. The maximum absolute atomic E-state index is 13.8. The highest BCUT2D eigenvalue weighted by Crippen LogP contribution is 2.21. The van der Waals surface area contributed by atoms with Crippen LogP contribution in [0.3, 0.4) is 0 Å². The summed E-state index contributed by atoms with van der Waals surface area (Å²) in [6.07, 6.45) is 1.60. The Morgan fingerprint density at radius 1 is 1.16 bits per heavy atom. The van der Waals surface area contributed by atoms with E-state index in [9.17, 15) is 9.18 Å². The Morgan fingerprint density at radius 3 is 2.60 bits per heavy atom. The number of aryl methyl sites for hydroxylation is 2. The molecule has 128 valence electrons. The molecule has 0 aliphatic carbocycles. The van der Waals surface area contributed by atoms with Gasteiger partial charge >= 0.3 is 0 Å². The lowest BCUT2D eigenvalue weighted by Gasteiger charge is -2.08. The van der Waals surface area contributed by atoms with Crippen LogP contribution >= 0.6 is 11.8 Å². The third-order valence-corrected chi connectivity index (χ3v) is 4.50. The van der Waals surface area contributed by atoms with E-state index in [1.807, 2.05) is 35.8 Å². The monoisotopic (exact) mass is 356 g/mol. The average Bonchev–Trinajstić information content (AvgIpc) is 3.05. The molecule has 0 aliphatic heterocycles. The number of carbonyl (C=O) groups excluding carboxylic acids is 1. The first-order valence-corrected chi connectivity index (χ1v) is 8.67. The molecule has 7 heteroatoms. The van der Waals surface area contributed by atoms with Gasteiger partial charge in [0.1, 0.15) is 12.1 Å². The Morgan fingerprint density at radius 2 is 1.88 bits per heavy atom. The number of hydrogen-bond donors (Lipinski definition) is 1.